The second-order valence-electron chi connectivity index (χ2n) is 11.5. The van der Waals surface area contributed by atoms with E-state index in [0.717, 1.165) is 83.5 Å². The van der Waals surface area contributed by atoms with Gasteiger partial charge in [0.05, 0.1) is 32.7 Å². The van der Waals surface area contributed by atoms with E-state index in [1.807, 2.05) is 0 Å². The summed E-state index contributed by atoms with van der Waals surface area (Å²) in [5.41, 5.74) is -2.12. The van der Waals surface area contributed by atoms with Crippen molar-refractivity contribution >= 4 is 39.8 Å². The summed E-state index contributed by atoms with van der Waals surface area (Å²) in [6.45, 7) is 6.98. The van der Waals surface area contributed by atoms with Crippen LogP contribution in [-0.4, -0.2) is 54.6 Å². The quantitative estimate of drug-likeness (QED) is 0.0321. The first-order valence-corrected chi connectivity index (χ1v) is 18.2. The third kappa shape index (κ3) is 23.4. The highest BCUT2D eigenvalue weighted by molar-refractivity contribution is 9.09. The van der Waals surface area contributed by atoms with Gasteiger partial charge in [0, 0.05) is 11.8 Å². The highest BCUT2D eigenvalue weighted by atomic mass is 79.9. The standard InChI is InChI=1S/C34H61BrO8/c1-4-7-10-13-16-19-25-40-31(37)28-34(43-30(36)23-22-24-35,33(39)42-27-21-18-15-12-9-6-3)29-32(38)41-26-20-17-14-11-8-5-2/h4-29H2,1-3H3. The van der Waals surface area contributed by atoms with Gasteiger partial charge in [0.25, 0.3) is 0 Å². The van der Waals surface area contributed by atoms with Gasteiger partial charge in [0.2, 0.25) is 5.60 Å². The largest absolute Gasteiger partial charge is 0.466 e. The molecule has 0 aromatic carbocycles. The van der Waals surface area contributed by atoms with Crippen LogP contribution in [0, 0.1) is 0 Å². The zero-order valence-corrected chi connectivity index (χ0v) is 29.1. The summed E-state index contributed by atoms with van der Waals surface area (Å²) in [4.78, 5) is 52.2. The summed E-state index contributed by atoms with van der Waals surface area (Å²) in [5.74, 6) is -2.99. The molecule has 43 heavy (non-hydrogen) atoms. The lowest BCUT2D eigenvalue weighted by Crippen LogP contribution is -2.48. The van der Waals surface area contributed by atoms with Gasteiger partial charge in [-0.2, -0.15) is 0 Å². The van der Waals surface area contributed by atoms with E-state index >= 15 is 0 Å². The molecule has 0 aliphatic rings. The van der Waals surface area contributed by atoms with Crippen molar-refractivity contribution in [3.8, 4) is 0 Å². The van der Waals surface area contributed by atoms with E-state index in [9.17, 15) is 19.2 Å². The molecule has 0 amide bonds. The summed E-state index contributed by atoms with van der Waals surface area (Å²) < 4.78 is 22.1. The van der Waals surface area contributed by atoms with Gasteiger partial charge in [-0.3, -0.25) is 14.4 Å². The number of hydrogen-bond acceptors (Lipinski definition) is 8. The number of hydrogen-bond donors (Lipinski definition) is 0. The number of halogens is 1. The number of carbonyl (C=O) groups excluding carboxylic acids is 4. The molecule has 0 aliphatic heterocycles. The maximum Gasteiger partial charge on any atom is 0.351 e. The van der Waals surface area contributed by atoms with Crippen LogP contribution in [0.5, 0.6) is 0 Å². The maximum absolute atomic E-state index is 13.5. The zero-order valence-electron chi connectivity index (χ0n) is 27.5. The Morgan fingerprint density at radius 1 is 0.488 bits per heavy atom. The predicted octanol–water partition coefficient (Wildman–Crippen LogP) is 8.93. The lowest BCUT2D eigenvalue weighted by atomic mass is 9.94. The Bertz CT molecular complexity index is 695. The maximum atomic E-state index is 13.5. The second kappa shape index (κ2) is 29.1. The van der Waals surface area contributed by atoms with Gasteiger partial charge in [-0.15, -0.1) is 0 Å². The fraction of sp³-hybridized carbons (Fsp3) is 0.882. The third-order valence-corrected chi connectivity index (χ3v) is 7.87. The predicted molar refractivity (Wildman–Crippen MR) is 174 cm³/mol. The van der Waals surface area contributed by atoms with Crippen LogP contribution in [0.15, 0.2) is 0 Å². The van der Waals surface area contributed by atoms with E-state index in [2.05, 4.69) is 36.7 Å². The van der Waals surface area contributed by atoms with Crippen LogP contribution in [-0.2, 0) is 38.1 Å². The smallest absolute Gasteiger partial charge is 0.351 e. The lowest BCUT2D eigenvalue weighted by molar-refractivity contribution is -0.191. The minimum atomic E-state index is -2.12. The SMILES string of the molecule is CCCCCCCCOC(=O)CC(CC(=O)OCCCCCCCC)(OC(=O)CCCBr)C(=O)OCCCCCCCC. The summed E-state index contributed by atoms with van der Waals surface area (Å²) >= 11 is 3.29. The normalized spacial score (nSPS) is 11.3. The Kier molecular flexibility index (Phi) is 28.0. The monoisotopic (exact) mass is 676 g/mol. The van der Waals surface area contributed by atoms with Crippen molar-refractivity contribution in [1.29, 1.82) is 0 Å². The molecule has 0 spiro atoms. The van der Waals surface area contributed by atoms with Crippen molar-refractivity contribution in [2.45, 2.75) is 168 Å². The summed E-state index contributed by atoms with van der Waals surface area (Å²) in [5, 5.41) is 0.568. The first kappa shape index (κ1) is 41.4. The van der Waals surface area contributed by atoms with Gasteiger partial charge >= 0.3 is 23.9 Å². The Morgan fingerprint density at radius 2 is 0.860 bits per heavy atom. The van der Waals surface area contributed by atoms with Crippen LogP contribution in [0.3, 0.4) is 0 Å². The van der Waals surface area contributed by atoms with Crippen LogP contribution in [0.4, 0.5) is 0 Å². The molecule has 0 unspecified atom stereocenters. The minimum absolute atomic E-state index is 0.0251. The van der Waals surface area contributed by atoms with Crippen LogP contribution < -0.4 is 0 Å². The molecular weight excluding hydrogens is 616 g/mol. The van der Waals surface area contributed by atoms with Gasteiger partial charge in [-0.25, -0.2) is 4.79 Å². The molecule has 252 valence electrons. The van der Waals surface area contributed by atoms with E-state index in [4.69, 9.17) is 18.9 Å². The molecule has 0 radical (unpaired) electrons. The van der Waals surface area contributed by atoms with Crippen LogP contribution in [0.2, 0.25) is 0 Å². The lowest BCUT2D eigenvalue weighted by Gasteiger charge is -2.30. The number of esters is 4. The molecule has 0 aromatic rings. The van der Waals surface area contributed by atoms with Gasteiger partial charge in [0.15, 0.2) is 0 Å². The molecule has 0 aromatic heterocycles. The molecule has 9 heteroatoms. The van der Waals surface area contributed by atoms with Crippen LogP contribution in [0.1, 0.15) is 162 Å². The fourth-order valence-corrected chi connectivity index (χ4v) is 4.97. The molecule has 0 aliphatic carbocycles. The van der Waals surface area contributed by atoms with Crippen molar-refractivity contribution in [1.82, 2.24) is 0 Å². The second-order valence-corrected chi connectivity index (χ2v) is 12.3. The van der Waals surface area contributed by atoms with Crippen molar-refractivity contribution in [3.63, 3.8) is 0 Å². The molecule has 0 N–H and O–H groups in total. The highest BCUT2D eigenvalue weighted by Gasteiger charge is 2.49. The number of rotatable bonds is 30. The van der Waals surface area contributed by atoms with Crippen molar-refractivity contribution < 1.29 is 38.1 Å². The first-order valence-electron chi connectivity index (χ1n) is 17.1. The Morgan fingerprint density at radius 3 is 1.26 bits per heavy atom. The topological polar surface area (TPSA) is 105 Å². The Labute approximate surface area is 270 Å². The molecule has 8 nitrogen and oxygen atoms in total. The van der Waals surface area contributed by atoms with Gasteiger partial charge in [-0.1, -0.05) is 133 Å². The van der Waals surface area contributed by atoms with Gasteiger partial charge in [-0.05, 0) is 25.7 Å². The van der Waals surface area contributed by atoms with Gasteiger partial charge in [0.1, 0.15) is 0 Å². The average molecular weight is 678 g/mol. The molecule has 0 fully saturated rings. The molecule has 0 atom stereocenters. The van der Waals surface area contributed by atoms with E-state index in [0.29, 0.717) is 31.0 Å². The van der Waals surface area contributed by atoms with E-state index in [1.165, 1.54) is 12.8 Å². The molecule has 0 bridgehead atoms. The fourth-order valence-electron chi connectivity index (χ4n) is 4.68. The molecule has 0 rings (SSSR count). The van der Waals surface area contributed by atoms with Crippen molar-refractivity contribution in [2.75, 3.05) is 25.2 Å². The summed E-state index contributed by atoms with van der Waals surface area (Å²) in [7, 11) is 0. The summed E-state index contributed by atoms with van der Waals surface area (Å²) in [6, 6.07) is 0. The minimum Gasteiger partial charge on any atom is -0.466 e. The summed E-state index contributed by atoms with van der Waals surface area (Å²) in [6.07, 6.45) is 17.7. The Hall–Kier alpha value is -1.64. The highest BCUT2D eigenvalue weighted by Crippen LogP contribution is 2.27. The van der Waals surface area contributed by atoms with Crippen LogP contribution >= 0.6 is 15.9 Å². The van der Waals surface area contributed by atoms with Crippen molar-refractivity contribution in [2.24, 2.45) is 0 Å². The third-order valence-electron chi connectivity index (χ3n) is 7.31. The van der Waals surface area contributed by atoms with Crippen molar-refractivity contribution in [3.05, 3.63) is 0 Å². The molecule has 0 heterocycles. The number of unbranched alkanes of at least 4 members (excludes halogenated alkanes) is 15. The van der Waals surface area contributed by atoms with E-state index < -0.39 is 42.3 Å². The number of ether oxygens (including phenoxy) is 4. The number of carbonyl (C=O) groups is 4. The van der Waals surface area contributed by atoms with Gasteiger partial charge < -0.3 is 18.9 Å². The van der Waals surface area contributed by atoms with E-state index in [1.54, 1.807) is 0 Å². The first-order chi connectivity index (χ1) is 20.8. The average Bonchev–Trinajstić information content (AvgIpc) is 2.98. The number of alkyl halides is 1. The van der Waals surface area contributed by atoms with E-state index in [-0.39, 0.29) is 26.2 Å². The molecule has 0 saturated carbocycles. The molecule has 0 saturated heterocycles. The molecular formula is C34H61BrO8. The van der Waals surface area contributed by atoms with Crippen LogP contribution in [0.25, 0.3) is 0 Å². The Balaban J connectivity index is 5.45. The zero-order chi connectivity index (χ0) is 32.0.